The summed E-state index contributed by atoms with van der Waals surface area (Å²) in [6.45, 7) is 5.02. The zero-order valence-electron chi connectivity index (χ0n) is 7.76. The summed E-state index contributed by atoms with van der Waals surface area (Å²) in [4.78, 5) is 0. The Hall–Kier alpha value is -0.890. The van der Waals surface area contributed by atoms with E-state index in [4.69, 9.17) is 21.1 Å². The molecule has 1 rings (SSSR count). The number of hydrogen-bond acceptors (Lipinski definition) is 2. The monoisotopic (exact) mass is 199 g/mol. The van der Waals surface area contributed by atoms with Crippen molar-refractivity contribution < 1.29 is 9.47 Å². The third-order valence-corrected chi connectivity index (χ3v) is 1.60. The molecule has 0 saturated heterocycles. The molecule has 13 heavy (non-hydrogen) atoms. The van der Waals surface area contributed by atoms with Crippen LogP contribution < -0.4 is 9.47 Å². The van der Waals surface area contributed by atoms with Gasteiger partial charge in [0.05, 0.1) is 19.3 Å². The van der Waals surface area contributed by atoms with Crippen molar-refractivity contribution in [2.45, 2.75) is 13.8 Å². The molecule has 0 aromatic heterocycles. The Balaban J connectivity index is 2.83. The predicted octanol–water partition coefficient (Wildman–Crippen LogP) is 2.94. The van der Waals surface area contributed by atoms with E-state index in [1.165, 1.54) is 0 Å². The van der Waals surface area contributed by atoms with E-state index >= 15 is 0 Å². The molecule has 3 heteroatoms. The highest BCUT2D eigenvalue weighted by Gasteiger charge is 2.00. The zero-order valence-corrected chi connectivity index (χ0v) is 8.52. The number of ether oxygens (including phenoxy) is 2. The molecule has 0 atom stereocenters. The lowest BCUT2D eigenvalue weighted by Crippen LogP contribution is -1.95. The quantitative estimate of drug-likeness (QED) is 0.743. The molecule has 0 spiro atoms. The fourth-order valence-corrected chi connectivity index (χ4v) is 1.15. The highest BCUT2D eigenvalue weighted by atomic mass is 35.5. The Morgan fingerprint density at radius 3 is 2.00 bits per heavy atom. The lowest BCUT2D eigenvalue weighted by Gasteiger charge is -2.06. The summed E-state index contributed by atoms with van der Waals surface area (Å²) in [5.74, 6) is 1.25. The summed E-state index contributed by atoms with van der Waals surface area (Å²) in [6.07, 6.45) is 0. The molecule has 2 nitrogen and oxygen atoms in total. The maximum atomic E-state index is 5.84. The van der Waals surface area contributed by atoms with Gasteiger partial charge < -0.3 is 9.47 Å². The van der Waals surface area contributed by atoms with E-state index in [0.29, 0.717) is 29.7 Å². The van der Waals surface area contributed by atoms with Crippen LogP contribution >= 0.6 is 11.6 Å². The summed E-state index contributed by atoms with van der Waals surface area (Å²) >= 11 is 5.84. The van der Waals surface area contributed by atoms with Crippen LogP contribution in [-0.2, 0) is 0 Å². The first-order chi connectivity index (χ1) is 6.26. The lowest BCUT2D eigenvalue weighted by atomic mass is 10.3. The minimum Gasteiger partial charge on any atom is -0.493 e. The molecular weight excluding hydrogens is 188 g/mol. The van der Waals surface area contributed by atoms with Crippen LogP contribution in [0.15, 0.2) is 12.1 Å². The Labute approximate surface area is 83.4 Å². The van der Waals surface area contributed by atoms with Gasteiger partial charge in [-0.25, -0.2) is 0 Å². The van der Waals surface area contributed by atoms with Crippen molar-refractivity contribution in [2.75, 3.05) is 13.2 Å². The normalized spacial score (nSPS) is 9.77. The molecule has 0 N–H and O–H groups in total. The average molecular weight is 200 g/mol. The summed E-state index contributed by atoms with van der Waals surface area (Å²) in [5, 5.41) is 0.602. The van der Waals surface area contributed by atoms with Crippen LogP contribution in [0.25, 0.3) is 0 Å². The largest absolute Gasteiger partial charge is 0.493 e. The van der Waals surface area contributed by atoms with E-state index in [1.807, 2.05) is 13.8 Å². The van der Waals surface area contributed by atoms with Gasteiger partial charge in [-0.3, -0.25) is 0 Å². The van der Waals surface area contributed by atoms with Crippen LogP contribution in [0.2, 0.25) is 5.02 Å². The SMILES string of the molecule is CCOc1[c]c(OCC)cc(Cl)c1. The third-order valence-electron chi connectivity index (χ3n) is 1.38. The highest BCUT2D eigenvalue weighted by molar-refractivity contribution is 6.30. The Bertz CT molecular complexity index is 249. The molecule has 0 unspecified atom stereocenters. The maximum Gasteiger partial charge on any atom is 0.132 e. The van der Waals surface area contributed by atoms with E-state index < -0.39 is 0 Å². The van der Waals surface area contributed by atoms with Crippen LogP contribution in [0.1, 0.15) is 13.8 Å². The molecule has 71 valence electrons. The second kappa shape index (κ2) is 4.97. The van der Waals surface area contributed by atoms with Crippen molar-refractivity contribution in [3.63, 3.8) is 0 Å². The molecule has 0 fully saturated rings. The van der Waals surface area contributed by atoms with Crippen LogP contribution in [0.3, 0.4) is 0 Å². The van der Waals surface area contributed by atoms with Crippen molar-refractivity contribution in [3.05, 3.63) is 23.2 Å². The fourth-order valence-electron chi connectivity index (χ4n) is 0.952. The van der Waals surface area contributed by atoms with Gasteiger partial charge >= 0.3 is 0 Å². The second-order valence-electron chi connectivity index (χ2n) is 2.39. The van der Waals surface area contributed by atoms with Gasteiger partial charge in [-0.05, 0) is 26.0 Å². The van der Waals surface area contributed by atoms with Gasteiger partial charge in [-0.1, -0.05) is 11.6 Å². The molecule has 1 aromatic rings. The van der Waals surface area contributed by atoms with E-state index in [2.05, 4.69) is 6.07 Å². The molecule has 1 radical (unpaired) electrons. The first kappa shape index (κ1) is 10.2. The minimum atomic E-state index is 0.600. The number of benzene rings is 1. The van der Waals surface area contributed by atoms with E-state index in [9.17, 15) is 0 Å². The smallest absolute Gasteiger partial charge is 0.132 e. The second-order valence-corrected chi connectivity index (χ2v) is 2.83. The van der Waals surface area contributed by atoms with Crippen LogP contribution in [0, 0.1) is 6.07 Å². The highest BCUT2D eigenvalue weighted by Crippen LogP contribution is 2.25. The number of hydrogen-bond donors (Lipinski definition) is 0. The summed E-state index contributed by atoms with van der Waals surface area (Å²) in [6, 6.07) is 6.39. The van der Waals surface area contributed by atoms with Crippen molar-refractivity contribution >= 4 is 11.6 Å². The summed E-state index contributed by atoms with van der Waals surface area (Å²) in [7, 11) is 0. The molecule has 0 aliphatic rings. The zero-order chi connectivity index (χ0) is 9.68. The van der Waals surface area contributed by atoms with E-state index in [0.717, 1.165) is 0 Å². The molecule has 0 aliphatic heterocycles. The summed E-state index contributed by atoms with van der Waals surface area (Å²) < 4.78 is 10.5. The standard InChI is InChI=1S/C10H12ClO2/c1-3-12-9-5-8(11)6-10(7-9)13-4-2/h5-6H,3-4H2,1-2H3. The molecule has 0 saturated carbocycles. The number of halogens is 1. The van der Waals surface area contributed by atoms with Crippen LogP contribution in [-0.4, -0.2) is 13.2 Å². The predicted molar refractivity (Wildman–Crippen MR) is 52.6 cm³/mol. The Morgan fingerprint density at radius 2 is 1.62 bits per heavy atom. The average Bonchev–Trinajstić information content (AvgIpc) is 2.04. The molecular formula is C10H12ClO2. The topological polar surface area (TPSA) is 18.5 Å². The minimum absolute atomic E-state index is 0.600. The maximum absolute atomic E-state index is 5.84. The van der Waals surface area contributed by atoms with Crippen molar-refractivity contribution in [1.82, 2.24) is 0 Å². The van der Waals surface area contributed by atoms with E-state index in [1.54, 1.807) is 12.1 Å². The van der Waals surface area contributed by atoms with Crippen molar-refractivity contribution in [3.8, 4) is 11.5 Å². The van der Waals surface area contributed by atoms with Crippen molar-refractivity contribution in [2.24, 2.45) is 0 Å². The first-order valence-corrected chi connectivity index (χ1v) is 4.62. The Kier molecular flexibility index (Phi) is 3.90. The van der Waals surface area contributed by atoms with Crippen molar-refractivity contribution in [1.29, 1.82) is 0 Å². The van der Waals surface area contributed by atoms with Gasteiger partial charge in [0.1, 0.15) is 11.5 Å². The van der Waals surface area contributed by atoms with E-state index in [-0.39, 0.29) is 0 Å². The van der Waals surface area contributed by atoms with Crippen LogP contribution in [0.5, 0.6) is 11.5 Å². The van der Waals surface area contributed by atoms with Gasteiger partial charge in [0.2, 0.25) is 0 Å². The van der Waals surface area contributed by atoms with Gasteiger partial charge in [0.15, 0.2) is 0 Å². The third kappa shape index (κ3) is 3.15. The van der Waals surface area contributed by atoms with Gasteiger partial charge in [-0.2, -0.15) is 0 Å². The number of rotatable bonds is 4. The first-order valence-electron chi connectivity index (χ1n) is 4.24. The summed E-state index contributed by atoms with van der Waals surface area (Å²) in [5.41, 5.74) is 0. The molecule has 0 aliphatic carbocycles. The lowest BCUT2D eigenvalue weighted by molar-refractivity contribution is 0.322. The van der Waals surface area contributed by atoms with Crippen LogP contribution in [0.4, 0.5) is 0 Å². The molecule has 0 amide bonds. The molecule has 1 aromatic carbocycles. The Morgan fingerprint density at radius 1 is 1.15 bits per heavy atom. The van der Waals surface area contributed by atoms with Gasteiger partial charge in [0.25, 0.3) is 0 Å². The molecule has 0 bridgehead atoms. The molecule has 0 heterocycles. The fraction of sp³-hybridized carbons (Fsp3) is 0.400. The van der Waals surface area contributed by atoms with Gasteiger partial charge in [-0.15, -0.1) is 0 Å². The van der Waals surface area contributed by atoms with Gasteiger partial charge in [0, 0.05) is 5.02 Å².